The highest BCUT2D eigenvalue weighted by molar-refractivity contribution is 6.22. The van der Waals surface area contributed by atoms with Gasteiger partial charge in [-0.3, -0.25) is 4.79 Å². The van der Waals surface area contributed by atoms with Crippen molar-refractivity contribution in [2.75, 3.05) is 11.4 Å². The summed E-state index contributed by atoms with van der Waals surface area (Å²) in [7, 11) is 0. The summed E-state index contributed by atoms with van der Waals surface area (Å²) in [6.07, 6.45) is 0.134. The Hall–Kier alpha value is -3.08. The van der Waals surface area contributed by atoms with E-state index in [4.69, 9.17) is 10.00 Å². The van der Waals surface area contributed by atoms with Crippen molar-refractivity contribution in [1.82, 2.24) is 9.80 Å². The van der Waals surface area contributed by atoms with Gasteiger partial charge in [-0.1, -0.05) is 0 Å². The van der Waals surface area contributed by atoms with Crippen LogP contribution < -0.4 is 4.90 Å². The SMILES string of the molecule is CC(C)(C)OC(=O)N1C[C@@H]2C[C@H]1[C@H]1C(=O)N(c3ccc(C#N)cc3)C(=O)N21. The fraction of sp³-hybridized carbons (Fsp3) is 0.474. The molecule has 0 aliphatic carbocycles. The summed E-state index contributed by atoms with van der Waals surface area (Å²) < 4.78 is 5.45. The van der Waals surface area contributed by atoms with Crippen molar-refractivity contribution in [2.24, 2.45) is 0 Å². The summed E-state index contributed by atoms with van der Waals surface area (Å²) in [5.74, 6) is -0.342. The molecule has 4 rings (SSSR count). The number of rotatable bonds is 1. The van der Waals surface area contributed by atoms with E-state index in [0.29, 0.717) is 24.2 Å². The number of benzene rings is 1. The first kappa shape index (κ1) is 17.3. The van der Waals surface area contributed by atoms with Crippen molar-refractivity contribution in [3.8, 4) is 6.07 Å². The third-order valence-electron chi connectivity index (χ3n) is 5.15. The van der Waals surface area contributed by atoms with Gasteiger partial charge in [0.25, 0.3) is 5.91 Å². The Kier molecular flexibility index (Phi) is 3.67. The lowest BCUT2D eigenvalue weighted by atomic mass is 10.1. The van der Waals surface area contributed by atoms with Crippen LogP contribution >= 0.6 is 0 Å². The standard InChI is InChI=1S/C19H20N4O4/c1-19(2,3)27-18(26)21-10-13-8-14(21)15-16(24)23(17(25)22(13)15)12-6-4-11(9-20)5-7-12/h4-7,13-15H,8,10H2,1-3H3/t13-,14-,15-/m0/s1. The fourth-order valence-electron chi connectivity index (χ4n) is 4.11. The van der Waals surface area contributed by atoms with Crippen LogP contribution in [0.15, 0.2) is 24.3 Å². The molecule has 3 aliphatic heterocycles. The van der Waals surface area contributed by atoms with Crippen LogP contribution in [0, 0.1) is 11.3 Å². The number of ether oxygens (including phenoxy) is 1. The Bertz CT molecular complexity index is 867. The lowest BCUT2D eigenvalue weighted by Crippen LogP contribution is -2.55. The number of hydrogen-bond donors (Lipinski definition) is 0. The van der Waals surface area contributed by atoms with Crippen molar-refractivity contribution < 1.29 is 19.1 Å². The minimum absolute atomic E-state index is 0.188. The summed E-state index contributed by atoms with van der Waals surface area (Å²) in [6.45, 7) is 5.75. The second-order valence-electron chi connectivity index (χ2n) is 8.06. The number of piperazine rings is 1. The Balaban J connectivity index is 1.59. The first-order valence-corrected chi connectivity index (χ1v) is 8.87. The molecule has 8 nitrogen and oxygen atoms in total. The first-order chi connectivity index (χ1) is 12.7. The summed E-state index contributed by atoms with van der Waals surface area (Å²) >= 11 is 0. The van der Waals surface area contributed by atoms with E-state index in [9.17, 15) is 14.4 Å². The predicted molar refractivity (Wildman–Crippen MR) is 94.8 cm³/mol. The molecule has 2 bridgehead atoms. The maximum absolute atomic E-state index is 13.0. The van der Waals surface area contributed by atoms with Crippen LogP contribution in [0.3, 0.4) is 0 Å². The van der Waals surface area contributed by atoms with E-state index in [1.54, 1.807) is 54.8 Å². The minimum Gasteiger partial charge on any atom is -0.444 e. The monoisotopic (exact) mass is 368 g/mol. The normalized spacial score (nSPS) is 26.4. The van der Waals surface area contributed by atoms with Crippen LogP contribution in [-0.4, -0.2) is 58.1 Å². The summed E-state index contributed by atoms with van der Waals surface area (Å²) in [6, 6.07) is 6.72. The third-order valence-corrected chi connectivity index (χ3v) is 5.15. The predicted octanol–water partition coefficient (Wildman–Crippen LogP) is 2.09. The number of nitriles is 1. The summed E-state index contributed by atoms with van der Waals surface area (Å²) in [4.78, 5) is 42.7. The van der Waals surface area contributed by atoms with Crippen molar-refractivity contribution in [3.63, 3.8) is 0 Å². The number of fused-ring (bicyclic) bond motifs is 5. The van der Waals surface area contributed by atoms with Crippen LogP contribution in [0.1, 0.15) is 32.8 Å². The number of carbonyl (C=O) groups is 3. The quantitative estimate of drug-likeness (QED) is 0.708. The maximum Gasteiger partial charge on any atom is 0.410 e. The molecule has 3 heterocycles. The molecule has 8 heteroatoms. The van der Waals surface area contributed by atoms with Gasteiger partial charge in [-0.15, -0.1) is 0 Å². The summed E-state index contributed by atoms with van der Waals surface area (Å²) in [5.41, 5.74) is 0.263. The Morgan fingerprint density at radius 2 is 1.89 bits per heavy atom. The Morgan fingerprint density at radius 1 is 1.22 bits per heavy atom. The zero-order valence-corrected chi connectivity index (χ0v) is 15.4. The number of urea groups is 1. The van der Waals surface area contributed by atoms with E-state index in [-0.39, 0.29) is 24.0 Å². The number of amides is 4. The number of imide groups is 1. The second-order valence-corrected chi connectivity index (χ2v) is 8.06. The van der Waals surface area contributed by atoms with Gasteiger partial charge in [0.05, 0.1) is 29.4 Å². The molecule has 3 saturated heterocycles. The molecule has 0 radical (unpaired) electrons. The van der Waals surface area contributed by atoms with Gasteiger partial charge in [-0.05, 0) is 51.5 Å². The third kappa shape index (κ3) is 2.62. The van der Waals surface area contributed by atoms with Gasteiger partial charge in [-0.25, -0.2) is 14.5 Å². The average Bonchev–Trinajstić information content (AvgIpc) is 3.25. The molecular weight excluding hydrogens is 348 g/mol. The second kappa shape index (κ2) is 5.71. The molecule has 4 amide bonds. The summed E-state index contributed by atoms with van der Waals surface area (Å²) in [5, 5.41) is 8.91. The Labute approximate surface area is 156 Å². The number of anilines is 1. The molecule has 3 atom stereocenters. The molecule has 3 aliphatic rings. The van der Waals surface area contributed by atoms with E-state index in [1.807, 2.05) is 6.07 Å². The van der Waals surface area contributed by atoms with E-state index >= 15 is 0 Å². The van der Waals surface area contributed by atoms with E-state index in [0.717, 1.165) is 4.90 Å². The average molecular weight is 368 g/mol. The topological polar surface area (TPSA) is 94.0 Å². The van der Waals surface area contributed by atoms with Gasteiger partial charge < -0.3 is 14.5 Å². The lowest BCUT2D eigenvalue weighted by Gasteiger charge is -2.35. The molecule has 27 heavy (non-hydrogen) atoms. The molecule has 0 spiro atoms. The molecular formula is C19H20N4O4. The minimum atomic E-state index is -0.681. The van der Waals surface area contributed by atoms with Gasteiger partial charge in [0.15, 0.2) is 0 Å². The van der Waals surface area contributed by atoms with Crippen LogP contribution in [0.25, 0.3) is 0 Å². The smallest absolute Gasteiger partial charge is 0.410 e. The van der Waals surface area contributed by atoms with Gasteiger partial charge in [0, 0.05) is 6.54 Å². The van der Waals surface area contributed by atoms with Gasteiger partial charge in [-0.2, -0.15) is 5.26 Å². The number of carbonyl (C=O) groups excluding carboxylic acids is 3. The largest absolute Gasteiger partial charge is 0.444 e. The van der Waals surface area contributed by atoms with Crippen LogP contribution in [0.2, 0.25) is 0 Å². The molecule has 0 unspecified atom stereocenters. The highest BCUT2D eigenvalue weighted by Crippen LogP contribution is 2.42. The zero-order chi connectivity index (χ0) is 19.5. The fourth-order valence-corrected chi connectivity index (χ4v) is 4.11. The number of likely N-dealkylation sites (tertiary alicyclic amines) is 1. The molecule has 0 N–H and O–H groups in total. The highest BCUT2D eigenvalue weighted by atomic mass is 16.6. The van der Waals surface area contributed by atoms with Crippen molar-refractivity contribution in [2.45, 2.75) is 50.9 Å². The van der Waals surface area contributed by atoms with Crippen molar-refractivity contribution in [3.05, 3.63) is 29.8 Å². The van der Waals surface area contributed by atoms with Gasteiger partial charge >= 0.3 is 12.1 Å². The van der Waals surface area contributed by atoms with Crippen LogP contribution in [0.4, 0.5) is 15.3 Å². The van der Waals surface area contributed by atoms with E-state index in [1.165, 1.54) is 0 Å². The lowest BCUT2D eigenvalue weighted by molar-refractivity contribution is -0.121. The molecule has 140 valence electrons. The molecule has 1 aromatic rings. The highest BCUT2D eigenvalue weighted by Gasteiger charge is 2.63. The number of nitrogens with zero attached hydrogens (tertiary/aromatic N) is 4. The van der Waals surface area contributed by atoms with Gasteiger partial charge in [0.2, 0.25) is 0 Å². The van der Waals surface area contributed by atoms with E-state index < -0.39 is 17.7 Å². The number of hydrogen-bond acceptors (Lipinski definition) is 5. The molecule has 0 aromatic heterocycles. The van der Waals surface area contributed by atoms with Gasteiger partial charge in [0.1, 0.15) is 11.6 Å². The first-order valence-electron chi connectivity index (χ1n) is 8.87. The van der Waals surface area contributed by atoms with Crippen molar-refractivity contribution >= 4 is 23.7 Å². The molecule has 3 fully saturated rings. The van der Waals surface area contributed by atoms with Crippen LogP contribution in [0.5, 0.6) is 0 Å². The van der Waals surface area contributed by atoms with Crippen LogP contribution in [-0.2, 0) is 9.53 Å². The molecule has 0 saturated carbocycles. The zero-order valence-electron chi connectivity index (χ0n) is 15.4. The maximum atomic E-state index is 13.0. The van der Waals surface area contributed by atoms with Crippen molar-refractivity contribution in [1.29, 1.82) is 5.26 Å². The molecule has 1 aromatic carbocycles. The Morgan fingerprint density at radius 3 is 2.48 bits per heavy atom. The van der Waals surface area contributed by atoms with E-state index in [2.05, 4.69) is 0 Å².